The standard InChI is InChI=1S/C14H26N2O3/c1-11(2)7-8-15-13(17)5-6-14(18)16-10-12-4-3-9-19-12/h11-12H,3-10H2,1-2H3,(H,15,17)(H,16,18). The molecule has 0 aliphatic carbocycles. The minimum Gasteiger partial charge on any atom is -0.376 e. The highest BCUT2D eigenvalue weighted by Gasteiger charge is 2.16. The Kier molecular flexibility index (Phi) is 7.48. The highest BCUT2D eigenvalue weighted by atomic mass is 16.5. The van der Waals surface area contributed by atoms with Crippen molar-refractivity contribution < 1.29 is 14.3 Å². The summed E-state index contributed by atoms with van der Waals surface area (Å²) in [7, 11) is 0. The summed E-state index contributed by atoms with van der Waals surface area (Å²) >= 11 is 0. The number of nitrogens with one attached hydrogen (secondary N) is 2. The Labute approximate surface area is 115 Å². The van der Waals surface area contributed by atoms with E-state index in [1.807, 2.05) is 0 Å². The van der Waals surface area contributed by atoms with Crippen LogP contribution in [0.3, 0.4) is 0 Å². The Morgan fingerprint density at radius 2 is 1.89 bits per heavy atom. The Hall–Kier alpha value is -1.10. The first-order valence-corrected chi connectivity index (χ1v) is 7.23. The lowest BCUT2D eigenvalue weighted by atomic mass is 10.1. The molecule has 1 atom stereocenters. The van der Waals surface area contributed by atoms with Crippen molar-refractivity contribution in [3.8, 4) is 0 Å². The smallest absolute Gasteiger partial charge is 0.220 e. The predicted molar refractivity (Wildman–Crippen MR) is 73.7 cm³/mol. The van der Waals surface area contributed by atoms with Crippen LogP contribution in [0.25, 0.3) is 0 Å². The Morgan fingerprint density at radius 3 is 2.47 bits per heavy atom. The maximum atomic E-state index is 11.5. The quantitative estimate of drug-likeness (QED) is 0.697. The zero-order valence-electron chi connectivity index (χ0n) is 12.0. The van der Waals surface area contributed by atoms with Crippen molar-refractivity contribution in [2.45, 2.75) is 52.1 Å². The molecule has 5 heteroatoms. The number of rotatable bonds is 8. The third kappa shape index (κ3) is 7.82. The summed E-state index contributed by atoms with van der Waals surface area (Å²) < 4.78 is 5.41. The van der Waals surface area contributed by atoms with Crippen molar-refractivity contribution in [1.29, 1.82) is 0 Å². The number of carbonyl (C=O) groups excluding carboxylic acids is 2. The summed E-state index contributed by atoms with van der Waals surface area (Å²) in [5, 5.41) is 5.63. The van der Waals surface area contributed by atoms with Crippen LogP contribution in [0.15, 0.2) is 0 Å². The van der Waals surface area contributed by atoms with Crippen molar-refractivity contribution in [2.75, 3.05) is 19.7 Å². The van der Waals surface area contributed by atoms with E-state index < -0.39 is 0 Å². The van der Waals surface area contributed by atoms with Gasteiger partial charge in [-0.1, -0.05) is 13.8 Å². The first-order valence-electron chi connectivity index (χ1n) is 7.23. The van der Waals surface area contributed by atoms with Gasteiger partial charge in [-0.3, -0.25) is 9.59 Å². The topological polar surface area (TPSA) is 67.4 Å². The van der Waals surface area contributed by atoms with Gasteiger partial charge in [0.15, 0.2) is 0 Å². The monoisotopic (exact) mass is 270 g/mol. The second-order valence-electron chi connectivity index (χ2n) is 5.47. The Morgan fingerprint density at radius 1 is 1.21 bits per heavy atom. The molecular formula is C14H26N2O3. The van der Waals surface area contributed by atoms with Crippen molar-refractivity contribution >= 4 is 11.8 Å². The molecule has 110 valence electrons. The van der Waals surface area contributed by atoms with Gasteiger partial charge in [-0.05, 0) is 25.2 Å². The molecule has 1 fully saturated rings. The number of hydrogen-bond acceptors (Lipinski definition) is 3. The molecule has 5 nitrogen and oxygen atoms in total. The Balaban J connectivity index is 2.00. The van der Waals surface area contributed by atoms with Gasteiger partial charge in [0.05, 0.1) is 6.10 Å². The fourth-order valence-electron chi connectivity index (χ4n) is 1.94. The average Bonchev–Trinajstić information content (AvgIpc) is 2.86. The second kappa shape index (κ2) is 8.91. The lowest BCUT2D eigenvalue weighted by molar-refractivity contribution is -0.126. The van der Waals surface area contributed by atoms with Crippen molar-refractivity contribution in [1.82, 2.24) is 10.6 Å². The first kappa shape index (κ1) is 16.0. The van der Waals surface area contributed by atoms with E-state index >= 15 is 0 Å². The predicted octanol–water partition coefficient (Wildman–Crippen LogP) is 1.22. The summed E-state index contributed by atoms with van der Waals surface area (Å²) in [6, 6.07) is 0. The van der Waals surface area contributed by atoms with Crippen LogP contribution >= 0.6 is 0 Å². The fourth-order valence-corrected chi connectivity index (χ4v) is 1.94. The first-order chi connectivity index (χ1) is 9.08. The molecule has 0 aromatic carbocycles. The highest BCUT2D eigenvalue weighted by Crippen LogP contribution is 2.10. The van der Waals surface area contributed by atoms with Crippen LogP contribution in [0.4, 0.5) is 0 Å². The highest BCUT2D eigenvalue weighted by molar-refractivity contribution is 5.83. The minimum atomic E-state index is -0.0745. The van der Waals surface area contributed by atoms with Gasteiger partial charge in [-0.25, -0.2) is 0 Å². The SMILES string of the molecule is CC(C)CCNC(=O)CCC(=O)NCC1CCCO1. The Bertz CT molecular complexity index is 286. The molecule has 2 N–H and O–H groups in total. The normalized spacial score (nSPS) is 18.6. The van der Waals surface area contributed by atoms with Crippen molar-refractivity contribution in [2.24, 2.45) is 5.92 Å². The molecule has 19 heavy (non-hydrogen) atoms. The molecule has 0 saturated carbocycles. The summed E-state index contributed by atoms with van der Waals surface area (Å²) in [5.41, 5.74) is 0. The van der Waals surface area contributed by atoms with Crippen LogP contribution in [-0.2, 0) is 14.3 Å². The van der Waals surface area contributed by atoms with Crippen LogP contribution in [0.1, 0.15) is 46.0 Å². The molecule has 0 radical (unpaired) electrons. The summed E-state index contributed by atoms with van der Waals surface area (Å²) in [4.78, 5) is 23.0. The second-order valence-corrected chi connectivity index (χ2v) is 5.47. The fraction of sp³-hybridized carbons (Fsp3) is 0.857. The third-order valence-corrected chi connectivity index (χ3v) is 3.17. The molecule has 1 aliphatic rings. The minimum absolute atomic E-state index is 0.0482. The van der Waals surface area contributed by atoms with Crippen LogP contribution in [0.2, 0.25) is 0 Å². The van der Waals surface area contributed by atoms with Crippen LogP contribution in [0.5, 0.6) is 0 Å². The van der Waals surface area contributed by atoms with E-state index in [2.05, 4.69) is 24.5 Å². The molecule has 0 spiro atoms. The number of hydrogen-bond donors (Lipinski definition) is 2. The van der Waals surface area contributed by atoms with Gasteiger partial charge in [0.1, 0.15) is 0 Å². The molecule has 0 aromatic heterocycles. The van der Waals surface area contributed by atoms with E-state index in [9.17, 15) is 9.59 Å². The van der Waals surface area contributed by atoms with Gasteiger partial charge in [-0.2, -0.15) is 0 Å². The largest absolute Gasteiger partial charge is 0.376 e. The zero-order valence-corrected chi connectivity index (χ0v) is 12.0. The number of ether oxygens (including phenoxy) is 1. The summed E-state index contributed by atoms with van der Waals surface area (Å²) in [6.45, 7) is 6.27. The maximum Gasteiger partial charge on any atom is 0.220 e. The van der Waals surface area contributed by atoms with Gasteiger partial charge in [0.2, 0.25) is 11.8 Å². The maximum absolute atomic E-state index is 11.5. The average molecular weight is 270 g/mol. The van der Waals surface area contributed by atoms with Gasteiger partial charge < -0.3 is 15.4 Å². The molecule has 0 bridgehead atoms. The van der Waals surface area contributed by atoms with Crippen LogP contribution < -0.4 is 10.6 Å². The molecule has 1 saturated heterocycles. The molecule has 1 aliphatic heterocycles. The summed E-state index contributed by atoms with van der Waals surface area (Å²) in [5.74, 6) is 0.456. The van der Waals surface area contributed by atoms with Gasteiger partial charge in [0.25, 0.3) is 0 Å². The van der Waals surface area contributed by atoms with E-state index in [4.69, 9.17) is 4.74 Å². The lowest BCUT2D eigenvalue weighted by Crippen LogP contribution is -2.33. The van der Waals surface area contributed by atoms with Gasteiger partial charge in [0, 0.05) is 32.5 Å². The van der Waals surface area contributed by atoms with E-state index in [0.717, 1.165) is 25.9 Å². The molecule has 0 aromatic rings. The van der Waals surface area contributed by atoms with Crippen LogP contribution in [0, 0.1) is 5.92 Å². The van der Waals surface area contributed by atoms with Gasteiger partial charge in [-0.15, -0.1) is 0 Å². The molecule has 2 amide bonds. The molecule has 1 unspecified atom stereocenters. The molecule has 1 heterocycles. The summed E-state index contributed by atoms with van der Waals surface area (Å²) in [6.07, 6.45) is 3.71. The van der Waals surface area contributed by atoms with E-state index in [-0.39, 0.29) is 30.8 Å². The number of amides is 2. The van der Waals surface area contributed by atoms with Crippen LogP contribution in [-0.4, -0.2) is 37.6 Å². The molecule has 1 rings (SSSR count). The third-order valence-electron chi connectivity index (χ3n) is 3.17. The lowest BCUT2D eigenvalue weighted by Gasteiger charge is -2.11. The molecular weight excluding hydrogens is 244 g/mol. The van der Waals surface area contributed by atoms with Crippen molar-refractivity contribution in [3.63, 3.8) is 0 Å². The van der Waals surface area contributed by atoms with E-state index in [1.54, 1.807) is 0 Å². The number of carbonyl (C=O) groups is 2. The van der Waals surface area contributed by atoms with Gasteiger partial charge >= 0.3 is 0 Å². The zero-order chi connectivity index (χ0) is 14.1. The van der Waals surface area contributed by atoms with E-state index in [0.29, 0.717) is 19.0 Å². The van der Waals surface area contributed by atoms with E-state index in [1.165, 1.54) is 0 Å². The van der Waals surface area contributed by atoms with Crippen molar-refractivity contribution in [3.05, 3.63) is 0 Å².